The maximum atomic E-state index is 12.7. The number of hydrogen-bond donors (Lipinski definition) is 6. The molecule has 0 rings (SSSR count). The van der Waals surface area contributed by atoms with Gasteiger partial charge in [-0.3, -0.25) is 19.2 Å². The fourth-order valence-corrected chi connectivity index (χ4v) is 2.48. The molecule has 3 amide bonds. The number of aliphatic hydroxyl groups is 1. The van der Waals surface area contributed by atoms with Crippen molar-refractivity contribution in [3.8, 4) is 0 Å². The van der Waals surface area contributed by atoms with Crippen LogP contribution in [0.4, 0.5) is 0 Å². The predicted octanol–water partition coefficient (Wildman–Crippen LogP) is -0.654. The van der Waals surface area contributed by atoms with E-state index in [-0.39, 0.29) is 11.8 Å². The number of rotatable bonds is 12. The first kappa shape index (κ1) is 26.8. The van der Waals surface area contributed by atoms with Gasteiger partial charge in [-0.15, -0.1) is 0 Å². The number of amides is 3. The fourth-order valence-electron chi connectivity index (χ4n) is 2.48. The van der Waals surface area contributed by atoms with Crippen LogP contribution in [0, 0.1) is 11.8 Å². The topological polar surface area (TPSA) is 171 Å². The number of hydrogen-bond acceptors (Lipinski definition) is 6. The van der Waals surface area contributed by atoms with E-state index in [1.807, 2.05) is 13.8 Å². The fraction of sp³-hybridized carbons (Fsp3) is 0.789. The molecule has 0 aliphatic heterocycles. The van der Waals surface area contributed by atoms with E-state index in [0.717, 1.165) is 0 Å². The highest BCUT2D eigenvalue weighted by molar-refractivity contribution is 5.94. The predicted molar refractivity (Wildman–Crippen MR) is 108 cm³/mol. The Morgan fingerprint density at radius 2 is 1.24 bits per heavy atom. The molecule has 0 aliphatic rings. The Kier molecular flexibility index (Phi) is 11.4. The Bertz CT molecular complexity index is 583. The number of aliphatic hydroxyl groups excluding tert-OH is 1. The Balaban J connectivity index is 5.37. The molecule has 0 aromatic carbocycles. The van der Waals surface area contributed by atoms with Crippen molar-refractivity contribution in [1.29, 1.82) is 0 Å². The van der Waals surface area contributed by atoms with Crippen molar-refractivity contribution in [1.82, 2.24) is 16.0 Å². The minimum Gasteiger partial charge on any atom is -0.480 e. The third kappa shape index (κ3) is 8.36. The van der Waals surface area contributed by atoms with E-state index in [4.69, 9.17) is 10.8 Å². The van der Waals surface area contributed by atoms with E-state index in [9.17, 15) is 24.3 Å². The lowest BCUT2D eigenvalue weighted by Crippen LogP contribution is -2.61. The third-order valence-corrected chi connectivity index (χ3v) is 5.14. The number of nitrogens with two attached hydrogens (primary N) is 1. The summed E-state index contributed by atoms with van der Waals surface area (Å²) in [5.41, 5.74) is 5.88. The average molecular weight is 417 g/mol. The Hall–Kier alpha value is -2.20. The lowest BCUT2D eigenvalue weighted by Gasteiger charge is -2.29. The Morgan fingerprint density at radius 3 is 1.66 bits per heavy atom. The second kappa shape index (κ2) is 12.4. The summed E-state index contributed by atoms with van der Waals surface area (Å²) >= 11 is 0. The molecule has 0 radical (unpaired) electrons. The van der Waals surface area contributed by atoms with Gasteiger partial charge in [0.05, 0.1) is 12.1 Å². The molecular formula is C19H36N4O6. The highest BCUT2D eigenvalue weighted by Gasteiger charge is 2.34. The molecule has 0 heterocycles. The standard InChI is InChI=1S/C19H36N4O6/c1-7-9(3)13(20)16(25)23-15(12(6)24)18(27)22-14(10(4)8-2)17(26)21-11(5)19(28)29/h9-15,24H,7-8,20H2,1-6H3,(H,21,26)(H,22,27)(H,23,25)(H,28,29). The molecule has 0 bridgehead atoms. The molecular weight excluding hydrogens is 380 g/mol. The second-order valence-corrected chi connectivity index (χ2v) is 7.58. The van der Waals surface area contributed by atoms with Gasteiger partial charge in [0.2, 0.25) is 17.7 Å². The van der Waals surface area contributed by atoms with E-state index in [1.165, 1.54) is 13.8 Å². The lowest BCUT2D eigenvalue weighted by molar-refractivity contribution is -0.142. The molecule has 7 unspecified atom stereocenters. The minimum atomic E-state index is -1.31. The molecule has 168 valence electrons. The molecule has 0 saturated heterocycles. The first-order valence-electron chi connectivity index (χ1n) is 9.94. The van der Waals surface area contributed by atoms with Crippen LogP contribution >= 0.6 is 0 Å². The Morgan fingerprint density at radius 1 is 0.793 bits per heavy atom. The van der Waals surface area contributed by atoms with Gasteiger partial charge < -0.3 is 31.9 Å². The molecule has 29 heavy (non-hydrogen) atoms. The van der Waals surface area contributed by atoms with Crippen molar-refractivity contribution in [3.63, 3.8) is 0 Å². The maximum absolute atomic E-state index is 12.7. The van der Waals surface area contributed by atoms with Gasteiger partial charge >= 0.3 is 5.97 Å². The highest BCUT2D eigenvalue weighted by Crippen LogP contribution is 2.10. The molecule has 10 nitrogen and oxygen atoms in total. The van der Waals surface area contributed by atoms with Crippen molar-refractivity contribution in [2.24, 2.45) is 17.6 Å². The molecule has 10 heteroatoms. The summed E-state index contributed by atoms with van der Waals surface area (Å²) in [5, 5.41) is 26.2. The summed E-state index contributed by atoms with van der Waals surface area (Å²) in [5.74, 6) is -3.63. The zero-order valence-corrected chi connectivity index (χ0v) is 18.1. The van der Waals surface area contributed by atoms with Crippen LogP contribution in [0.3, 0.4) is 0 Å². The van der Waals surface area contributed by atoms with Crippen molar-refractivity contribution in [2.45, 2.75) is 84.7 Å². The summed E-state index contributed by atoms with van der Waals surface area (Å²) in [6, 6.07) is -4.32. The van der Waals surface area contributed by atoms with Crippen LogP contribution in [0.2, 0.25) is 0 Å². The van der Waals surface area contributed by atoms with Gasteiger partial charge in [0.15, 0.2) is 0 Å². The number of carboxylic acids is 1. The highest BCUT2D eigenvalue weighted by atomic mass is 16.4. The quantitative estimate of drug-likeness (QED) is 0.245. The van der Waals surface area contributed by atoms with E-state index in [1.54, 1.807) is 13.8 Å². The first-order chi connectivity index (χ1) is 13.4. The van der Waals surface area contributed by atoms with Crippen molar-refractivity contribution in [3.05, 3.63) is 0 Å². The molecule has 0 spiro atoms. The SMILES string of the molecule is CCC(C)C(N)C(=O)NC(C(=O)NC(C(=O)NC(C)C(=O)O)C(C)CC)C(C)O. The van der Waals surface area contributed by atoms with Gasteiger partial charge in [-0.2, -0.15) is 0 Å². The molecule has 0 fully saturated rings. The second-order valence-electron chi connectivity index (χ2n) is 7.58. The minimum absolute atomic E-state index is 0.121. The monoisotopic (exact) mass is 416 g/mol. The van der Waals surface area contributed by atoms with Crippen LogP contribution < -0.4 is 21.7 Å². The normalized spacial score (nSPS) is 18.3. The Labute approximate surface area is 172 Å². The zero-order chi connectivity index (χ0) is 22.9. The van der Waals surface area contributed by atoms with Gasteiger partial charge in [0, 0.05) is 0 Å². The number of carbonyl (C=O) groups excluding carboxylic acids is 3. The summed E-state index contributed by atoms with van der Waals surface area (Å²) in [4.78, 5) is 48.5. The van der Waals surface area contributed by atoms with Crippen LogP contribution in [0.5, 0.6) is 0 Å². The van der Waals surface area contributed by atoms with Crippen molar-refractivity contribution in [2.75, 3.05) is 0 Å². The number of carboxylic acid groups (broad SMARTS) is 1. The summed E-state index contributed by atoms with van der Waals surface area (Å²) in [6.07, 6.45) is -0.0376. The maximum Gasteiger partial charge on any atom is 0.325 e. The molecule has 0 saturated carbocycles. The average Bonchev–Trinajstić information content (AvgIpc) is 2.67. The zero-order valence-electron chi connectivity index (χ0n) is 18.1. The van der Waals surface area contributed by atoms with Crippen LogP contribution in [-0.4, -0.2) is 64.2 Å². The first-order valence-corrected chi connectivity index (χ1v) is 9.94. The molecule has 0 aromatic rings. The van der Waals surface area contributed by atoms with Gasteiger partial charge in [-0.05, 0) is 25.7 Å². The van der Waals surface area contributed by atoms with Crippen molar-refractivity contribution < 1.29 is 29.4 Å². The summed E-state index contributed by atoms with van der Waals surface area (Å²) < 4.78 is 0. The van der Waals surface area contributed by atoms with Gasteiger partial charge in [-0.1, -0.05) is 40.5 Å². The third-order valence-electron chi connectivity index (χ3n) is 5.14. The molecule has 7 atom stereocenters. The molecule has 7 N–H and O–H groups in total. The lowest BCUT2D eigenvalue weighted by atomic mass is 9.96. The van der Waals surface area contributed by atoms with E-state index in [2.05, 4.69) is 16.0 Å². The van der Waals surface area contributed by atoms with Gasteiger partial charge in [-0.25, -0.2) is 0 Å². The van der Waals surface area contributed by atoms with Crippen LogP contribution in [0.25, 0.3) is 0 Å². The summed E-state index contributed by atoms with van der Waals surface area (Å²) in [6.45, 7) is 9.87. The molecule has 0 aromatic heterocycles. The van der Waals surface area contributed by atoms with Crippen LogP contribution in [-0.2, 0) is 19.2 Å². The van der Waals surface area contributed by atoms with Crippen molar-refractivity contribution >= 4 is 23.7 Å². The number of carbonyl (C=O) groups is 4. The van der Waals surface area contributed by atoms with Crippen LogP contribution in [0.1, 0.15) is 54.4 Å². The number of nitrogens with one attached hydrogen (secondary N) is 3. The molecule has 0 aliphatic carbocycles. The smallest absolute Gasteiger partial charge is 0.325 e. The number of aliphatic carboxylic acids is 1. The van der Waals surface area contributed by atoms with E-state index < -0.39 is 54.0 Å². The van der Waals surface area contributed by atoms with Crippen LogP contribution in [0.15, 0.2) is 0 Å². The van der Waals surface area contributed by atoms with Gasteiger partial charge in [0.25, 0.3) is 0 Å². The van der Waals surface area contributed by atoms with E-state index in [0.29, 0.717) is 12.8 Å². The largest absolute Gasteiger partial charge is 0.480 e. The van der Waals surface area contributed by atoms with Gasteiger partial charge in [0.1, 0.15) is 18.1 Å². The summed E-state index contributed by atoms with van der Waals surface area (Å²) in [7, 11) is 0. The van der Waals surface area contributed by atoms with E-state index >= 15 is 0 Å².